The Balaban J connectivity index is 5.30. The Bertz CT molecular complexity index is 389. The van der Waals surface area contributed by atoms with E-state index in [9.17, 15) is 31.1 Å². The molecule has 0 N–H and O–H groups in total. The van der Waals surface area contributed by atoms with Gasteiger partial charge in [-0.25, -0.2) is 4.79 Å². The summed E-state index contributed by atoms with van der Waals surface area (Å²) in [5, 5.41) is 0. The molecule has 9 heteroatoms. The van der Waals surface area contributed by atoms with Crippen molar-refractivity contribution >= 4 is 5.97 Å². The zero-order chi connectivity index (χ0) is 15.4. The van der Waals surface area contributed by atoms with E-state index in [1.807, 2.05) is 0 Å². The van der Waals surface area contributed by atoms with Crippen LogP contribution in [0.1, 0.15) is 13.8 Å². The van der Waals surface area contributed by atoms with E-state index in [2.05, 4.69) is 10.5 Å². The van der Waals surface area contributed by atoms with Gasteiger partial charge in [-0.2, -0.15) is 26.3 Å². The topological polar surface area (TPSA) is 29.5 Å². The van der Waals surface area contributed by atoms with Crippen LogP contribution in [0.5, 0.6) is 0 Å². The number of alkyl halides is 6. The molecule has 0 saturated heterocycles. The Morgan fingerprint density at radius 3 is 1.84 bits per heavy atom. The van der Waals surface area contributed by atoms with E-state index < -0.39 is 35.6 Å². The number of hydrogen-bond donors (Lipinski definition) is 0. The minimum absolute atomic E-state index is 0.218. The van der Waals surface area contributed by atoms with Crippen molar-refractivity contribution in [1.82, 2.24) is 4.90 Å². The molecule has 3 nitrogen and oxygen atoms in total. The van der Waals surface area contributed by atoms with Crippen molar-refractivity contribution < 1.29 is 35.9 Å². The van der Waals surface area contributed by atoms with Crippen LogP contribution in [-0.2, 0) is 9.53 Å². The van der Waals surface area contributed by atoms with Crippen LogP contribution in [0.2, 0.25) is 0 Å². The van der Waals surface area contributed by atoms with Crippen molar-refractivity contribution in [3.8, 4) is 0 Å². The molecule has 0 aliphatic carbocycles. The molecular formula is C10H11F6NO2. The van der Waals surface area contributed by atoms with E-state index in [-0.39, 0.29) is 5.57 Å². The first-order valence-corrected chi connectivity index (χ1v) is 4.82. The second-order valence-corrected chi connectivity index (χ2v) is 3.54. The second-order valence-electron chi connectivity index (χ2n) is 3.54. The van der Waals surface area contributed by atoms with Gasteiger partial charge in [0.1, 0.15) is 0 Å². The third kappa shape index (κ3) is 5.80. The molecule has 0 aromatic heterocycles. The number of halogens is 6. The standard InChI is InChI=1S/C10H11F6NO2/c1-6(4-7(2)8(18)19-3)5-17(9(11,12)13)10(14,15)16/h5H2,1-3H3. The molecule has 0 aromatic rings. The fourth-order valence-corrected chi connectivity index (χ4v) is 1.12. The molecule has 110 valence electrons. The smallest absolute Gasteiger partial charge is 0.465 e. The number of esters is 1. The lowest BCUT2D eigenvalue weighted by molar-refractivity contribution is -0.370. The molecule has 0 radical (unpaired) electrons. The molecule has 0 saturated carbocycles. The highest BCUT2D eigenvalue weighted by Gasteiger charge is 2.53. The molecular weight excluding hydrogens is 280 g/mol. The number of carbonyl (C=O) groups is 1. The van der Waals surface area contributed by atoms with Crippen molar-refractivity contribution in [2.24, 2.45) is 0 Å². The minimum atomic E-state index is -5.57. The summed E-state index contributed by atoms with van der Waals surface area (Å²) in [6.45, 7) is 0.694. The fraction of sp³-hybridized carbons (Fsp3) is 0.600. The van der Waals surface area contributed by atoms with Crippen molar-refractivity contribution in [3.05, 3.63) is 16.9 Å². The third-order valence-electron chi connectivity index (χ3n) is 1.90. The van der Waals surface area contributed by atoms with Gasteiger partial charge in [0, 0.05) is 6.54 Å². The maximum atomic E-state index is 12.2. The lowest BCUT2D eigenvalue weighted by atomic mass is 10.2. The van der Waals surface area contributed by atoms with Gasteiger partial charge in [-0.15, -0.1) is 10.6 Å². The normalized spacial score (nSPS) is 12.1. The Labute approximate surface area is 105 Å². The van der Waals surface area contributed by atoms with Crippen molar-refractivity contribution in [3.63, 3.8) is 0 Å². The van der Waals surface area contributed by atoms with Gasteiger partial charge in [0.05, 0.1) is 12.7 Å². The minimum Gasteiger partial charge on any atom is -0.465 e. The number of methoxy groups -OCH3 is 1. The summed E-state index contributed by atoms with van der Waals surface area (Å²) in [6, 6.07) is 0. The van der Waals surface area contributed by atoms with Gasteiger partial charge in [-0.05, 0) is 19.4 Å². The second kappa shape index (κ2) is 6.12. The summed E-state index contributed by atoms with van der Waals surface area (Å²) < 4.78 is 77.5. The molecule has 0 aromatic carbocycles. The zero-order valence-electron chi connectivity index (χ0n) is 10.2. The Kier molecular flexibility index (Phi) is 5.64. The number of ether oxygens (including phenoxy) is 1. The number of nitrogens with zero attached hydrogens (tertiary/aromatic N) is 1. The number of rotatable bonds is 3. The highest BCUT2D eigenvalue weighted by molar-refractivity contribution is 5.87. The summed E-state index contributed by atoms with van der Waals surface area (Å²) in [5.74, 6) is -0.884. The van der Waals surface area contributed by atoms with Crippen molar-refractivity contribution in [2.75, 3.05) is 13.7 Å². The maximum absolute atomic E-state index is 12.2. The average Bonchev–Trinajstić information content (AvgIpc) is 2.21. The lowest BCUT2D eigenvalue weighted by Crippen LogP contribution is -2.48. The quantitative estimate of drug-likeness (QED) is 0.263. The van der Waals surface area contributed by atoms with E-state index in [0.717, 1.165) is 14.0 Å². The van der Waals surface area contributed by atoms with Crippen molar-refractivity contribution in [2.45, 2.75) is 26.4 Å². The van der Waals surface area contributed by atoms with Gasteiger partial charge < -0.3 is 4.74 Å². The molecule has 0 unspecified atom stereocenters. The van der Waals surface area contributed by atoms with E-state index in [1.165, 1.54) is 6.92 Å². The molecule has 19 heavy (non-hydrogen) atoms. The Hall–Kier alpha value is -1.47. The van der Waals surface area contributed by atoms with Gasteiger partial charge in [-0.3, -0.25) is 0 Å². The molecule has 0 rings (SSSR count). The SMILES string of the molecule is COC(=O)C(C)=C=C(C)CN(C(F)(F)F)C(F)(F)F. The van der Waals surface area contributed by atoms with Crippen molar-refractivity contribution in [1.29, 1.82) is 0 Å². The highest BCUT2D eigenvalue weighted by Crippen LogP contribution is 2.33. The van der Waals surface area contributed by atoms with Gasteiger partial charge in [-0.1, -0.05) is 0 Å². The van der Waals surface area contributed by atoms with Crippen LogP contribution < -0.4 is 0 Å². The fourth-order valence-electron chi connectivity index (χ4n) is 1.12. The predicted molar refractivity (Wildman–Crippen MR) is 52.7 cm³/mol. The average molecular weight is 291 g/mol. The van der Waals surface area contributed by atoms with Gasteiger partial charge >= 0.3 is 18.6 Å². The van der Waals surface area contributed by atoms with Crippen LogP contribution in [0.3, 0.4) is 0 Å². The third-order valence-corrected chi connectivity index (χ3v) is 1.90. The summed E-state index contributed by atoms with van der Waals surface area (Å²) >= 11 is 0. The lowest BCUT2D eigenvalue weighted by Gasteiger charge is -2.26. The first kappa shape index (κ1) is 17.5. The van der Waals surface area contributed by atoms with Gasteiger partial charge in [0.2, 0.25) is 0 Å². The Morgan fingerprint density at radius 1 is 1.11 bits per heavy atom. The molecule has 0 fully saturated rings. The molecule has 0 atom stereocenters. The zero-order valence-corrected chi connectivity index (χ0v) is 10.2. The van der Waals surface area contributed by atoms with E-state index in [1.54, 1.807) is 0 Å². The molecule has 0 aliphatic heterocycles. The number of hydrogen-bond acceptors (Lipinski definition) is 3. The van der Waals surface area contributed by atoms with Crippen LogP contribution in [0.25, 0.3) is 0 Å². The highest BCUT2D eigenvalue weighted by atomic mass is 19.4. The largest absolute Gasteiger partial charge is 0.467 e. The molecule has 0 aliphatic rings. The predicted octanol–water partition coefficient (Wildman–Crippen LogP) is 2.99. The van der Waals surface area contributed by atoms with Crippen LogP contribution >= 0.6 is 0 Å². The van der Waals surface area contributed by atoms with Crippen LogP contribution in [-0.4, -0.2) is 37.1 Å². The first-order chi connectivity index (χ1) is 8.39. The van der Waals surface area contributed by atoms with E-state index in [4.69, 9.17) is 0 Å². The monoisotopic (exact) mass is 291 g/mol. The van der Waals surface area contributed by atoms with E-state index in [0.29, 0.717) is 0 Å². The molecule has 0 amide bonds. The molecule has 0 spiro atoms. The van der Waals surface area contributed by atoms with Gasteiger partial charge in [0.25, 0.3) is 0 Å². The van der Waals surface area contributed by atoms with Crippen LogP contribution in [0, 0.1) is 0 Å². The van der Waals surface area contributed by atoms with Crippen LogP contribution in [0.4, 0.5) is 26.3 Å². The summed E-state index contributed by atoms with van der Waals surface area (Å²) in [6.07, 6.45) is -11.1. The Morgan fingerprint density at radius 2 is 1.53 bits per heavy atom. The molecule has 0 heterocycles. The first-order valence-electron chi connectivity index (χ1n) is 4.82. The van der Waals surface area contributed by atoms with E-state index >= 15 is 0 Å². The molecule has 0 bridgehead atoms. The summed E-state index contributed by atoms with van der Waals surface area (Å²) in [7, 11) is 1.03. The summed E-state index contributed by atoms with van der Waals surface area (Å²) in [4.78, 5) is 9.33. The maximum Gasteiger partial charge on any atom is 0.467 e. The van der Waals surface area contributed by atoms with Crippen LogP contribution in [0.15, 0.2) is 16.9 Å². The summed E-state index contributed by atoms with van der Waals surface area (Å²) in [5.41, 5.74) is 1.50. The van der Waals surface area contributed by atoms with Gasteiger partial charge in [0.15, 0.2) is 0 Å². The number of carbonyl (C=O) groups excluding carboxylic acids is 1.